The Morgan fingerprint density at radius 2 is 1.67 bits per heavy atom. The number of rotatable bonds is 11. The highest BCUT2D eigenvalue weighted by atomic mass is 16.7. The predicted octanol–water partition coefficient (Wildman–Crippen LogP) is 2.91. The molecule has 0 bridgehead atoms. The number of β-lactam (4-membered cyclic amide) rings is 1. The van der Waals surface area contributed by atoms with E-state index < -0.39 is 59.3 Å². The number of non-ortho nitro benzene ring substituents is 1. The third kappa shape index (κ3) is 6.74. The first kappa shape index (κ1) is 30.6. The largest absolute Gasteiger partial charge is 0.508 e. The number of benzene rings is 2. The average molecular weight is 585 g/mol. The number of ether oxygens (including phenoxy) is 4. The van der Waals surface area contributed by atoms with Gasteiger partial charge in [0.2, 0.25) is 12.1 Å². The van der Waals surface area contributed by atoms with E-state index in [1.165, 1.54) is 38.3 Å². The molecule has 13 nitrogen and oxygen atoms in total. The molecule has 1 heterocycles. The van der Waals surface area contributed by atoms with E-state index in [1.807, 2.05) is 0 Å². The number of carbonyl (C=O) groups excluding carboxylic acids is 4. The normalized spacial score (nSPS) is 23.4. The predicted molar refractivity (Wildman–Crippen MR) is 143 cm³/mol. The molecule has 2 fully saturated rings. The van der Waals surface area contributed by atoms with Crippen LogP contribution in [0.1, 0.15) is 37.3 Å². The number of ketones is 1. The zero-order valence-electron chi connectivity index (χ0n) is 23.1. The molecule has 42 heavy (non-hydrogen) atoms. The topological polar surface area (TPSA) is 172 Å². The van der Waals surface area contributed by atoms with Crippen molar-refractivity contribution in [3.8, 4) is 0 Å². The maximum Gasteiger partial charge on any atom is 0.508 e. The number of aliphatic hydroxyl groups excluding tert-OH is 1. The summed E-state index contributed by atoms with van der Waals surface area (Å²) in [5.74, 6) is -3.83. The van der Waals surface area contributed by atoms with Crippen molar-refractivity contribution in [2.24, 2.45) is 11.8 Å². The Bertz CT molecular complexity index is 1300. The highest BCUT2D eigenvalue weighted by Gasteiger charge is 2.60. The standard InChI is InChI=1S/C29H32N2O11/c1-17(42-29(36)41-16-19-11-13-20(14-12-19)31(37)38)23-24(21-9-6-10-22(39-2)25(21)32)30(26(23)33)27(34)28(35)40-15-18-7-4-3-5-8-18/h3-5,7-8,11-14,17,21-24,27,34H,6,9-10,15-16H2,1-2H3/t17-,21-,22-,23-,24-,27?/m1/s1. The lowest BCUT2D eigenvalue weighted by atomic mass is 9.69. The van der Waals surface area contributed by atoms with Crippen molar-refractivity contribution in [2.75, 3.05) is 7.11 Å². The molecule has 0 aromatic heterocycles. The second kappa shape index (κ2) is 13.5. The molecule has 4 rings (SSSR count). The number of esters is 1. The number of likely N-dealkylation sites (tertiary alicyclic amines) is 1. The molecule has 224 valence electrons. The van der Waals surface area contributed by atoms with Gasteiger partial charge in [-0.3, -0.25) is 19.7 Å². The molecule has 1 amide bonds. The third-order valence-corrected chi connectivity index (χ3v) is 7.58. The van der Waals surface area contributed by atoms with Gasteiger partial charge in [0.1, 0.15) is 25.4 Å². The van der Waals surface area contributed by atoms with Gasteiger partial charge in [-0.15, -0.1) is 0 Å². The Balaban J connectivity index is 1.44. The van der Waals surface area contributed by atoms with Gasteiger partial charge in [-0.25, -0.2) is 9.59 Å². The van der Waals surface area contributed by atoms with Gasteiger partial charge >= 0.3 is 12.1 Å². The van der Waals surface area contributed by atoms with E-state index in [0.717, 1.165) is 4.90 Å². The number of aliphatic hydroxyl groups is 1. The Morgan fingerprint density at radius 1 is 1.02 bits per heavy atom. The zero-order valence-corrected chi connectivity index (χ0v) is 23.1. The number of nitro groups is 1. The van der Waals surface area contributed by atoms with Gasteiger partial charge in [-0.2, -0.15) is 0 Å². The summed E-state index contributed by atoms with van der Waals surface area (Å²) in [4.78, 5) is 62.9. The number of methoxy groups -OCH3 is 1. The van der Waals surface area contributed by atoms with Crippen LogP contribution in [0.4, 0.5) is 10.5 Å². The summed E-state index contributed by atoms with van der Waals surface area (Å²) >= 11 is 0. The third-order valence-electron chi connectivity index (χ3n) is 7.58. The van der Waals surface area contributed by atoms with Crippen LogP contribution in [0.2, 0.25) is 0 Å². The molecule has 0 radical (unpaired) electrons. The van der Waals surface area contributed by atoms with Crippen LogP contribution in [-0.2, 0) is 46.5 Å². The molecule has 13 heteroatoms. The van der Waals surface area contributed by atoms with Crippen molar-refractivity contribution in [3.05, 3.63) is 75.8 Å². The van der Waals surface area contributed by atoms with Crippen LogP contribution in [0.15, 0.2) is 54.6 Å². The van der Waals surface area contributed by atoms with Crippen molar-refractivity contribution >= 4 is 29.5 Å². The number of hydrogen-bond donors (Lipinski definition) is 1. The quantitative estimate of drug-likeness (QED) is 0.178. The van der Waals surface area contributed by atoms with E-state index >= 15 is 0 Å². The fourth-order valence-corrected chi connectivity index (χ4v) is 5.41. The van der Waals surface area contributed by atoms with Crippen LogP contribution in [0.25, 0.3) is 0 Å². The lowest BCUT2D eigenvalue weighted by molar-refractivity contribution is -0.384. The van der Waals surface area contributed by atoms with Crippen LogP contribution >= 0.6 is 0 Å². The molecule has 1 aliphatic carbocycles. The maximum absolute atomic E-state index is 13.3. The Kier molecular flexibility index (Phi) is 9.86. The van der Waals surface area contributed by atoms with E-state index in [0.29, 0.717) is 30.4 Å². The minimum absolute atomic E-state index is 0.117. The highest BCUT2D eigenvalue weighted by molar-refractivity contribution is 5.95. The molecule has 0 spiro atoms. The number of Topliss-reactive ketones (excluding diaryl/α,β-unsaturated/α-hetero) is 1. The second-order valence-corrected chi connectivity index (χ2v) is 10.2. The summed E-state index contributed by atoms with van der Waals surface area (Å²) < 4.78 is 21.0. The van der Waals surface area contributed by atoms with Gasteiger partial charge in [0.15, 0.2) is 5.78 Å². The van der Waals surface area contributed by atoms with Crippen molar-refractivity contribution < 1.29 is 48.2 Å². The van der Waals surface area contributed by atoms with Crippen LogP contribution in [-0.4, -0.2) is 70.3 Å². The molecule has 1 aliphatic heterocycles. The summed E-state index contributed by atoms with van der Waals surface area (Å²) in [6.45, 7) is 1.10. The van der Waals surface area contributed by atoms with Gasteiger partial charge < -0.3 is 29.0 Å². The first-order chi connectivity index (χ1) is 20.1. The Hall–Kier alpha value is -4.36. The lowest BCUT2D eigenvalue weighted by Gasteiger charge is -2.53. The van der Waals surface area contributed by atoms with Crippen molar-refractivity contribution in [1.82, 2.24) is 4.90 Å². The van der Waals surface area contributed by atoms with E-state index in [2.05, 4.69) is 0 Å². The molecule has 6 atom stereocenters. The van der Waals surface area contributed by atoms with Gasteiger partial charge in [0.25, 0.3) is 5.69 Å². The Labute approximate surface area is 241 Å². The van der Waals surface area contributed by atoms with Crippen LogP contribution in [0, 0.1) is 22.0 Å². The second-order valence-electron chi connectivity index (χ2n) is 10.2. The van der Waals surface area contributed by atoms with Gasteiger partial charge in [-0.05, 0) is 49.4 Å². The van der Waals surface area contributed by atoms with Crippen molar-refractivity contribution in [3.63, 3.8) is 0 Å². The lowest BCUT2D eigenvalue weighted by Crippen LogP contribution is -2.72. The summed E-state index contributed by atoms with van der Waals surface area (Å²) in [5.41, 5.74) is 1.04. The number of nitrogens with zero attached hydrogens (tertiary/aromatic N) is 2. The maximum atomic E-state index is 13.3. The molecular formula is C29H32N2O11. The first-order valence-electron chi connectivity index (χ1n) is 13.5. The van der Waals surface area contributed by atoms with E-state index in [-0.39, 0.29) is 24.7 Å². The summed E-state index contributed by atoms with van der Waals surface area (Å²) in [7, 11) is 1.41. The van der Waals surface area contributed by atoms with E-state index in [4.69, 9.17) is 18.9 Å². The molecule has 2 aliphatic rings. The van der Waals surface area contributed by atoms with Crippen molar-refractivity contribution in [2.45, 2.75) is 63.9 Å². The van der Waals surface area contributed by atoms with Crippen LogP contribution in [0.3, 0.4) is 0 Å². The van der Waals surface area contributed by atoms with E-state index in [9.17, 15) is 34.4 Å². The molecule has 1 saturated carbocycles. The molecule has 1 N–H and O–H groups in total. The summed E-state index contributed by atoms with van der Waals surface area (Å²) in [5, 5.41) is 21.7. The Morgan fingerprint density at radius 3 is 2.31 bits per heavy atom. The monoisotopic (exact) mass is 584 g/mol. The van der Waals surface area contributed by atoms with Gasteiger partial charge in [0.05, 0.1) is 16.9 Å². The number of carbonyl (C=O) groups is 4. The molecular weight excluding hydrogens is 552 g/mol. The minimum atomic E-state index is -1.97. The van der Waals surface area contributed by atoms with Crippen LogP contribution < -0.4 is 0 Å². The number of nitro benzene ring substituents is 1. The first-order valence-corrected chi connectivity index (χ1v) is 13.5. The molecule has 2 aromatic rings. The van der Waals surface area contributed by atoms with Gasteiger partial charge in [-0.1, -0.05) is 30.3 Å². The summed E-state index contributed by atoms with van der Waals surface area (Å²) in [6.07, 6.45) is -3.36. The minimum Gasteiger partial charge on any atom is -0.457 e. The van der Waals surface area contributed by atoms with Crippen LogP contribution in [0.5, 0.6) is 0 Å². The highest BCUT2D eigenvalue weighted by Crippen LogP contribution is 2.42. The average Bonchev–Trinajstić information content (AvgIpc) is 2.98. The SMILES string of the molecule is CO[C@@H]1CCC[C@H]([C@@H]2[C@@H]([C@@H](C)OC(=O)OCc3ccc([N+](=O)[O-])cc3)C(=O)N2C(O)C(=O)OCc2ccccc2)C1=O. The molecule has 2 aromatic carbocycles. The van der Waals surface area contributed by atoms with Crippen molar-refractivity contribution in [1.29, 1.82) is 0 Å². The fraction of sp³-hybridized carbons (Fsp3) is 0.448. The number of hydrogen-bond acceptors (Lipinski definition) is 11. The number of amides is 1. The van der Waals surface area contributed by atoms with Gasteiger partial charge in [0, 0.05) is 25.2 Å². The molecule has 1 saturated heterocycles. The smallest absolute Gasteiger partial charge is 0.457 e. The molecule has 1 unspecified atom stereocenters. The van der Waals surface area contributed by atoms with E-state index in [1.54, 1.807) is 30.3 Å². The zero-order chi connectivity index (χ0) is 30.4. The summed E-state index contributed by atoms with van der Waals surface area (Å²) in [6, 6.07) is 13.2. The fourth-order valence-electron chi connectivity index (χ4n) is 5.41.